The number of rotatable bonds is 4. The van der Waals surface area contributed by atoms with Gasteiger partial charge in [0, 0.05) is 24.7 Å². The lowest BCUT2D eigenvalue weighted by Gasteiger charge is -2.36. The predicted molar refractivity (Wildman–Crippen MR) is 90.1 cm³/mol. The highest BCUT2D eigenvalue weighted by Crippen LogP contribution is 2.23. The van der Waals surface area contributed by atoms with Crippen LogP contribution in [0.15, 0.2) is 24.3 Å². The van der Waals surface area contributed by atoms with Crippen molar-refractivity contribution in [3.8, 4) is 0 Å². The molecule has 120 valence electrons. The Morgan fingerprint density at radius 1 is 1.14 bits per heavy atom. The Morgan fingerprint density at radius 3 is 2.68 bits per heavy atom. The lowest BCUT2D eigenvalue weighted by atomic mass is 9.97. The molecular formula is C19H28N2O. The van der Waals surface area contributed by atoms with Crippen LogP contribution in [0.25, 0.3) is 0 Å². The minimum atomic E-state index is 0.231. The molecule has 1 aromatic rings. The van der Waals surface area contributed by atoms with Crippen LogP contribution in [-0.2, 0) is 0 Å². The predicted octanol–water partition coefficient (Wildman–Crippen LogP) is 3.48. The molecule has 1 amide bonds. The highest BCUT2D eigenvalue weighted by Gasteiger charge is 2.28. The second kappa shape index (κ2) is 7.28. The number of benzene rings is 1. The molecule has 0 bridgehead atoms. The van der Waals surface area contributed by atoms with Gasteiger partial charge in [0.2, 0.25) is 0 Å². The molecule has 0 saturated carbocycles. The van der Waals surface area contributed by atoms with E-state index in [9.17, 15) is 4.79 Å². The highest BCUT2D eigenvalue weighted by atomic mass is 16.2. The van der Waals surface area contributed by atoms with Gasteiger partial charge in [-0.1, -0.05) is 17.7 Å². The number of carbonyl (C=O) groups excluding carboxylic acids is 1. The van der Waals surface area contributed by atoms with E-state index in [0.29, 0.717) is 6.04 Å². The Bertz CT molecular complexity index is 508. The number of hydrogen-bond donors (Lipinski definition) is 0. The van der Waals surface area contributed by atoms with Crippen LogP contribution in [0.2, 0.25) is 0 Å². The number of piperidine rings is 1. The highest BCUT2D eigenvalue weighted by molar-refractivity contribution is 5.94. The quantitative estimate of drug-likeness (QED) is 0.850. The van der Waals surface area contributed by atoms with Gasteiger partial charge in [0.15, 0.2) is 0 Å². The van der Waals surface area contributed by atoms with Crippen LogP contribution in [0, 0.1) is 6.92 Å². The monoisotopic (exact) mass is 300 g/mol. The van der Waals surface area contributed by atoms with Crippen LogP contribution in [0.5, 0.6) is 0 Å². The van der Waals surface area contributed by atoms with Gasteiger partial charge in [0.25, 0.3) is 5.91 Å². The number of aryl methyl sites for hydroxylation is 1. The third-order valence-electron chi connectivity index (χ3n) is 5.13. The molecule has 2 heterocycles. The maximum atomic E-state index is 12.9. The Hall–Kier alpha value is -1.35. The fraction of sp³-hybridized carbons (Fsp3) is 0.632. The summed E-state index contributed by atoms with van der Waals surface area (Å²) in [5.41, 5.74) is 2.02. The number of hydrogen-bond acceptors (Lipinski definition) is 2. The van der Waals surface area contributed by atoms with Crippen molar-refractivity contribution < 1.29 is 4.79 Å². The summed E-state index contributed by atoms with van der Waals surface area (Å²) in [6.07, 6.45) is 7.41. The number of carbonyl (C=O) groups is 1. The second-order valence-electron chi connectivity index (χ2n) is 6.86. The molecule has 2 aliphatic heterocycles. The maximum absolute atomic E-state index is 12.9. The Morgan fingerprint density at radius 2 is 1.91 bits per heavy atom. The lowest BCUT2D eigenvalue weighted by Crippen LogP contribution is -2.45. The van der Waals surface area contributed by atoms with Crippen molar-refractivity contribution in [3.05, 3.63) is 35.4 Å². The minimum absolute atomic E-state index is 0.231. The first kappa shape index (κ1) is 15.5. The van der Waals surface area contributed by atoms with Gasteiger partial charge in [-0.05, 0) is 70.7 Å². The van der Waals surface area contributed by atoms with E-state index in [1.807, 2.05) is 18.2 Å². The molecular weight excluding hydrogens is 272 g/mol. The fourth-order valence-electron chi connectivity index (χ4n) is 3.85. The van der Waals surface area contributed by atoms with Crippen LogP contribution in [0.3, 0.4) is 0 Å². The standard InChI is InChI=1S/C19H28N2O/c1-16-7-6-8-17(15-16)19(22)21-13-3-2-9-18(21)10-14-20-11-4-5-12-20/h6-8,15,18H,2-5,9-14H2,1H3/t18-/m0/s1. The van der Waals surface area contributed by atoms with Crippen molar-refractivity contribution in [3.63, 3.8) is 0 Å². The lowest BCUT2D eigenvalue weighted by molar-refractivity contribution is 0.0588. The first-order valence-corrected chi connectivity index (χ1v) is 8.84. The minimum Gasteiger partial charge on any atom is -0.336 e. The SMILES string of the molecule is Cc1cccc(C(=O)N2CCCC[C@H]2CCN2CCCC2)c1. The Kier molecular flexibility index (Phi) is 5.14. The first-order valence-electron chi connectivity index (χ1n) is 8.84. The van der Waals surface area contributed by atoms with Crippen LogP contribution in [0.1, 0.15) is 54.4 Å². The smallest absolute Gasteiger partial charge is 0.254 e. The zero-order valence-corrected chi connectivity index (χ0v) is 13.8. The van der Waals surface area contributed by atoms with E-state index in [1.165, 1.54) is 38.8 Å². The van der Waals surface area contributed by atoms with Gasteiger partial charge >= 0.3 is 0 Å². The molecule has 0 unspecified atom stereocenters. The zero-order valence-electron chi connectivity index (χ0n) is 13.8. The summed E-state index contributed by atoms with van der Waals surface area (Å²) < 4.78 is 0. The van der Waals surface area contributed by atoms with Crippen LogP contribution < -0.4 is 0 Å². The molecule has 0 aliphatic carbocycles. The van der Waals surface area contributed by atoms with E-state index in [2.05, 4.69) is 22.8 Å². The van der Waals surface area contributed by atoms with Crippen LogP contribution in [-0.4, -0.2) is 47.9 Å². The van der Waals surface area contributed by atoms with Crippen molar-refractivity contribution in [1.82, 2.24) is 9.80 Å². The topological polar surface area (TPSA) is 23.6 Å². The first-order chi connectivity index (χ1) is 10.7. The maximum Gasteiger partial charge on any atom is 0.254 e. The number of nitrogens with zero attached hydrogens (tertiary/aromatic N) is 2. The molecule has 1 aromatic carbocycles. The second-order valence-corrected chi connectivity index (χ2v) is 6.86. The van der Waals surface area contributed by atoms with Crippen LogP contribution >= 0.6 is 0 Å². The van der Waals surface area contributed by atoms with E-state index in [1.54, 1.807) is 0 Å². The van der Waals surface area contributed by atoms with E-state index >= 15 is 0 Å². The van der Waals surface area contributed by atoms with Crippen molar-refractivity contribution in [1.29, 1.82) is 0 Å². The molecule has 3 nitrogen and oxygen atoms in total. The molecule has 2 saturated heterocycles. The average Bonchev–Trinajstić information content (AvgIpc) is 3.06. The Labute approximate surface area is 134 Å². The van der Waals surface area contributed by atoms with Gasteiger partial charge in [0.1, 0.15) is 0 Å². The third-order valence-corrected chi connectivity index (χ3v) is 5.13. The molecule has 0 aromatic heterocycles. The normalized spacial score (nSPS) is 23.0. The molecule has 2 aliphatic rings. The summed E-state index contributed by atoms with van der Waals surface area (Å²) in [7, 11) is 0. The summed E-state index contributed by atoms with van der Waals surface area (Å²) >= 11 is 0. The number of amides is 1. The zero-order chi connectivity index (χ0) is 15.4. The van der Waals surface area contributed by atoms with Gasteiger partial charge in [-0.3, -0.25) is 4.79 Å². The summed E-state index contributed by atoms with van der Waals surface area (Å²) in [6, 6.07) is 8.46. The van der Waals surface area contributed by atoms with E-state index in [4.69, 9.17) is 0 Å². The van der Waals surface area contributed by atoms with Gasteiger partial charge in [0.05, 0.1) is 0 Å². The van der Waals surface area contributed by atoms with Gasteiger partial charge in [-0.25, -0.2) is 0 Å². The van der Waals surface area contributed by atoms with Crippen molar-refractivity contribution in [2.75, 3.05) is 26.2 Å². The number of likely N-dealkylation sites (tertiary alicyclic amines) is 2. The molecule has 22 heavy (non-hydrogen) atoms. The Balaban J connectivity index is 1.64. The van der Waals surface area contributed by atoms with Crippen molar-refractivity contribution >= 4 is 5.91 Å². The summed E-state index contributed by atoms with van der Waals surface area (Å²) in [4.78, 5) is 17.6. The summed E-state index contributed by atoms with van der Waals surface area (Å²) in [6.45, 7) is 6.63. The third kappa shape index (κ3) is 3.70. The van der Waals surface area contributed by atoms with E-state index in [-0.39, 0.29) is 5.91 Å². The average molecular weight is 300 g/mol. The van der Waals surface area contributed by atoms with Crippen molar-refractivity contribution in [2.45, 2.75) is 51.5 Å². The van der Waals surface area contributed by atoms with Gasteiger partial charge in [-0.2, -0.15) is 0 Å². The molecule has 0 spiro atoms. The largest absolute Gasteiger partial charge is 0.336 e. The van der Waals surface area contributed by atoms with E-state index < -0.39 is 0 Å². The molecule has 3 rings (SSSR count). The molecule has 3 heteroatoms. The molecule has 1 atom stereocenters. The van der Waals surface area contributed by atoms with Crippen LogP contribution in [0.4, 0.5) is 0 Å². The fourth-order valence-corrected chi connectivity index (χ4v) is 3.85. The van der Waals surface area contributed by atoms with Crippen molar-refractivity contribution in [2.24, 2.45) is 0 Å². The molecule has 2 fully saturated rings. The summed E-state index contributed by atoms with van der Waals surface area (Å²) in [5.74, 6) is 0.231. The van der Waals surface area contributed by atoms with Gasteiger partial charge < -0.3 is 9.80 Å². The molecule has 0 radical (unpaired) electrons. The van der Waals surface area contributed by atoms with Gasteiger partial charge in [-0.15, -0.1) is 0 Å². The summed E-state index contributed by atoms with van der Waals surface area (Å²) in [5, 5.41) is 0. The molecule has 0 N–H and O–H groups in total. The van der Waals surface area contributed by atoms with E-state index in [0.717, 1.165) is 37.1 Å².